The van der Waals surface area contributed by atoms with Crippen LogP contribution in [0.15, 0.2) is 204 Å². The fourth-order valence-corrected chi connectivity index (χ4v) is 9.88. The highest BCUT2D eigenvalue weighted by Crippen LogP contribution is 2.59. The smallest absolute Gasteiger partial charge is 0.235 e. The summed E-state index contributed by atoms with van der Waals surface area (Å²) >= 11 is 0. The molecule has 1 aliphatic heterocycles. The first-order valence-corrected chi connectivity index (χ1v) is 20.0. The Morgan fingerprint density at radius 2 is 1.23 bits per heavy atom. The van der Waals surface area contributed by atoms with Crippen molar-refractivity contribution in [2.75, 3.05) is 0 Å². The zero-order chi connectivity index (χ0) is 37.9. The largest absolute Gasteiger partial charge is 0.310 e. The number of rotatable bonds is 6. The quantitative estimate of drug-likeness (QED) is 0.177. The summed E-state index contributed by atoms with van der Waals surface area (Å²) in [4.78, 5) is 10.5. The molecular formula is C53H41N4+. The molecule has 272 valence electrons. The lowest BCUT2D eigenvalue weighted by molar-refractivity contribution is -0.586. The molecule has 2 atom stereocenters. The van der Waals surface area contributed by atoms with Crippen LogP contribution in [0, 0.1) is 5.92 Å². The second-order valence-electron chi connectivity index (χ2n) is 15.5. The van der Waals surface area contributed by atoms with Gasteiger partial charge in [-0.2, -0.15) is 4.99 Å². The highest BCUT2D eigenvalue weighted by Gasteiger charge is 2.49. The second-order valence-corrected chi connectivity index (χ2v) is 15.5. The first-order valence-electron chi connectivity index (χ1n) is 20.0. The zero-order valence-electron chi connectivity index (χ0n) is 31.8. The van der Waals surface area contributed by atoms with Crippen LogP contribution in [0.4, 0.5) is 0 Å². The molecule has 8 aromatic rings. The molecule has 0 fully saturated rings. The topological polar surface area (TPSA) is 46.3 Å². The minimum atomic E-state index is -0.434. The van der Waals surface area contributed by atoms with Crippen LogP contribution in [0.5, 0.6) is 0 Å². The van der Waals surface area contributed by atoms with Crippen molar-refractivity contribution in [2.24, 2.45) is 15.9 Å². The lowest BCUT2D eigenvalue weighted by Gasteiger charge is -2.40. The molecule has 7 aromatic carbocycles. The van der Waals surface area contributed by atoms with Crippen molar-refractivity contribution < 1.29 is 5.32 Å². The van der Waals surface area contributed by atoms with E-state index in [0.717, 1.165) is 40.5 Å². The molecule has 11 rings (SSSR count). The van der Waals surface area contributed by atoms with Gasteiger partial charge in [0.25, 0.3) is 0 Å². The van der Waals surface area contributed by atoms with Gasteiger partial charge in [-0.1, -0.05) is 165 Å². The third kappa shape index (κ3) is 5.25. The summed E-state index contributed by atoms with van der Waals surface area (Å²) < 4.78 is 2.48. The number of fused-ring (bicyclic) bond motifs is 6. The standard InChI is InChI=1S/C53H40N4/c1-35-32-44-43-28-13-16-31-48(43)57(40-25-17-22-38(33-40)52-55-50(36-18-5-2-6-19-36)54-51(56-52)37-20-7-3-8-21-37)49(44)34-47(35)53(39-23-9-4-10-24-39)45-29-14-11-26-41(45)42-27-12-15-30-46(42)53/h2-31,33-35,50H,32H2,1H3,(H,54,55,56)/p+1. The van der Waals surface area contributed by atoms with Gasteiger partial charge in [0.1, 0.15) is 0 Å². The van der Waals surface area contributed by atoms with Crippen LogP contribution in [0.3, 0.4) is 0 Å². The Hall–Kier alpha value is -6.88. The van der Waals surface area contributed by atoms with Crippen molar-refractivity contribution in [1.82, 2.24) is 4.57 Å². The van der Waals surface area contributed by atoms with Gasteiger partial charge >= 0.3 is 0 Å². The van der Waals surface area contributed by atoms with Crippen LogP contribution < -0.4 is 5.32 Å². The Balaban J connectivity index is 1.13. The number of para-hydroxylation sites is 1. The fraction of sp³-hybridized carbons (Fsp3) is 0.0943. The van der Waals surface area contributed by atoms with E-state index >= 15 is 0 Å². The van der Waals surface area contributed by atoms with Crippen molar-refractivity contribution >= 4 is 28.7 Å². The second kappa shape index (κ2) is 13.4. The van der Waals surface area contributed by atoms with E-state index in [1.807, 2.05) is 0 Å². The van der Waals surface area contributed by atoms with Gasteiger partial charge in [-0.05, 0) is 87.7 Å². The molecule has 0 amide bonds. The van der Waals surface area contributed by atoms with E-state index in [9.17, 15) is 0 Å². The first-order chi connectivity index (χ1) is 28.2. The molecule has 0 saturated heterocycles. The average molecular weight is 734 g/mol. The summed E-state index contributed by atoms with van der Waals surface area (Å²) in [7, 11) is 0. The number of hydrogen-bond acceptors (Lipinski definition) is 2. The van der Waals surface area contributed by atoms with Gasteiger partial charge in [-0.3, -0.25) is 5.32 Å². The fourth-order valence-electron chi connectivity index (χ4n) is 9.88. The summed E-state index contributed by atoms with van der Waals surface area (Å²) in [5, 5.41) is 3.49. The normalized spacial score (nSPS) is 17.9. The van der Waals surface area contributed by atoms with Crippen LogP contribution >= 0.6 is 0 Å². The number of benzene rings is 7. The maximum absolute atomic E-state index is 5.28. The number of aliphatic imine (C=N–C) groups is 2. The van der Waals surface area contributed by atoms with Crippen LogP contribution in [0.25, 0.3) is 33.8 Å². The summed E-state index contributed by atoms with van der Waals surface area (Å²) in [6.07, 6.45) is 3.35. The predicted molar refractivity (Wildman–Crippen MR) is 233 cm³/mol. The molecule has 2 aliphatic carbocycles. The number of allylic oxidation sites excluding steroid dienone is 1. The molecule has 4 nitrogen and oxygen atoms in total. The van der Waals surface area contributed by atoms with Crippen molar-refractivity contribution in [2.45, 2.75) is 24.9 Å². The molecule has 0 spiro atoms. The van der Waals surface area contributed by atoms with E-state index < -0.39 is 5.41 Å². The SMILES string of the molecule is CC1Cc2c(n(-c3cccc(C4=NC(c5ccccc5)[NH2+]C(c5ccccc5)=N4)c3)c3ccccc23)C=C1C1(c2ccccc2)c2ccccc2-c2ccccc21. The molecule has 2 heterocycles. The summed E-state index contributed by atoms with van der Waals surface area (Å²) in [5.74, 6) is 1.97. The first kappa shape index (κ1) is 33.5. The summed E-state index contributed by atoms with van der Waals surface area (Å²) in [6.45, 7) is 2.43. The number of hydrogen-bond donors (Lipinski definition) is 1. The minimum absolute atomic E-state index is 0.143. The van der Waals surface area contributed by atoms with Crippen molar-refractivity contribution in [1.29, 1.82) is 0 Å². The predicted octanol–water partition coefficient (Wildman–Crippen LogP) is 10.7. The van der Waals surface area contributed by atoms with E-state index in [1.165, 1.54) is 55.6 Å². The van der Waals surface area contributed by atoms with Gasteiger partial charge in [0.05, 0.1) is 22.2 Å². The molecule has 2 unspecified atom stereocenters. The Labute approximate surface area is 333 Å². The molecule has 2 N–H and O–H groups in total. The van der Waals surface area contributed by atoms with Crippen LogP contribution in [0.1, 0.15) is 57.7 Å². The number of quaternary nitrogens is 1. The van der Waals surface area contributed by atoms with Gasteiger partial charge in [0.2, 0.25) is 12.0 Å². The average Bonchev–Trinajstić information content (AvgIpc) is 3.77. The minimum Gasteiger partial charge on any atom is -0.310 e. The lowest BCUT2D eigenvalue weighted by Crippen LogP contribution is -2.89. The van der Waals surface area contributed by atoms with E-state index in [0.29, 0.717) is 0 Å². The van der Waals surface area contributed by atoms with Gasteiger partial charge in [-0.25, -0.2) is 4.99 Å². The lowest BCUT2D eigenvalue weighted by atomic mass is 9.62. The van der Waals surface area contributed by atoms with Crippen molar-refractivity contribution in [3.8, 4) is 16.8 Å². The van der Waals surface area contributed by atoms with Gasteiger partial charge in [-0.15, -0.1) is 0 Å². The Morgan fingerprint density at radius 3 is 1.96 bits per heavy atom. The van der Waals surface area contributed by atoms with E-state index in [2.05, 4.69) is 211 Å². The third-order valence-electron chi connectivity index (χ3n) is 12.3. The summed E-state index contributed by atoms with van der Waals surface area (Å²) in [6, 6.07) is 68.0. The molecule has 1 aromatic heterocycles. The maximum Gasteiger partial charge on any atom is 0.235 e. The Kier molecular flexibility index (Phi) is 7.87. The van der Waals surface area contributed by atoms with E-state index in [4.69, 9.17) is 9.98 Å². The zero-order valence-corrected chi connectivity index (χ0v) is 31.8. The molecule has 0 bridgehead atoms. The molecular weight excluding hydrogens is 693 g/mol. The van der Waals surface area contributed by atoms with Gasteiger partial charge in [0.15, 0.2) is 5.84 Å². The number of nitrogens with zero attached hydrogens (tertiary/aromatic N) is 3. The van der Waals surface area contributed by atoms with E-state index in [-0.39, 0.29) is 12.1 Å². The third-order valence-corrected chi connectivity index (χ3v) is 12.3. The van der Waals surface area contributed by atoms with Crippen molar-refractivity contribution in [3.05, 3.63) is 238 Å². The highest BCUT2D eigenvalue weighted by molar-refractivity contribution is 6.09. The van der Waals surface area contributed by atoms with Crippen LogP contribution in [-0.2, 0) is 11.8 Å². The van der Waals surface area contributed by atoms with Crippen LogP contribution in [-0.4, -0.2) is 16.2 Å². The molecule has 57 heavy (non-hydrogen) atoms. The monoisotopic (exact) mass is 733 g/mol. The number of nitrogens with two attached hydrogens (primary N) is 1. The Morgan fingerprint density at radius 1 is 0.614 bits per heavy atom. The maximum atomic E-state index is 5.28. The molecule has 3 aliphatic rings. The van der Waals surface area contributed by atoms with E-state index in [1.54, 1.807) is 0 Å². The molecule has 0 radical (unpaired) electrons. The molecule has 4 heteroatoms. The Bertz CT molecular complexity index is 2870. The molecule has 0 saturated carbocycles. The van der Waals surface area contributed by atoms with Crippen molar-refractivity contribution in [3.63, 3.8) is 0 Å². The number of amidine groups is 2. The van der Waals surface area contributed by atoms with Gasteiger partial charge in [0, 0.05) is 22.2 Å². The number of aromatic nitrogens is 1. The summed E-state index contributed by atoms with van der Waals surface area (Å²) in [5.41, 5.74) is 15.8. The van der Waals surface area contributed by atoms with Gasteiger partial charge < -0.3 is 4.57 Å². The van der Waals surface area contributed by atoms with Crippen LogP contribution in [0.2, 0.25) is 0 Å². The highest BCUT2D eigenvalue weighted by atomic mass is 15.2.